The van der Waals surface area contributed by atoms with Crippen molar-refractivity contribution in [2.24, 2.45) is 0 Å². The number of carbonyl (C=O) groups is 2. The Morgan fingerprint density at radius 1 is 1.06 bits per heavy atom. The third-order valence-electron chi connectivity index (χ3n) is 5.74. The van der Waals surface area contributed by atoms with Crippen LogP contribution in [0, 0.1) is 6.92 Å². The zero-order valence-corrected chi connectivity index (χ0v) is 17.6. The Morgan fingerprint density at radius 3 is 2.68 bits per heavy atom. The lowest BCUT2D eigenvalue weighted by atomic mass is 9.97. The highest BCUT2D eigenvalue weighted by Gasteiger charge is 2.39. The van der Waals surface area contributed by atoms with Crippen molar-refractivity contribution in [2.45, 2.75) is 13.0 Å². The normalized spacial score (nSPS) is 15.4. The van der Waals surface area contributed by atoms with E-state index in [0.717, 1.165) is 27.6 Å². The molecule has 2 amide bonds. The second-order valence-corrected chi connectivity index (χ2v) is 8.13. The molecular formula is C25H20ClN3O2. The minimum Gasteiger partial charge on any atom is -0.361 e. The van der Waals surface area contributed by atoms with Crippen LogP contribution in [0.25, 0.3) is 10.9 Å². The largest absolute Gasteiger partial charge is 0.361 e. The van der Waals surface area contributed by atoms with Crippen LogP contribution in [0.15, 0.2) is 72.9 Å². The summed E-state index contributed by atoms with van der Waals surface area (Å²) in [4.78, 5) is 31.0. The molecule has 5 nitrogen and oxygen atoms in total. The number of H-pyrrole nitrogens is 1. The summed E-state index contributed by atoms with van der Waals surface area (Å²) in [5.74, 6) is -0.422. The number of benzene rings is 3. The maximum atomic E-state index is 13.2. The number of para-hydroxylation sites is 1. The molecule has 0 saturated carbocycles. The molecule has 2 heterocycles. The van der Waals surface area contributed by atoms with Crippen LogP contribution in [-0.4, -0.2) is 28.2 Å². The first-order valence-corrected chi connectivity index (χ1v) is 10.4. The third-order valence-corrected chi connectivity index (χ3v) is 6.15. The predicted molar refractivity (Wildman–Crippen MR) is 122 cm³/mol. The topological polar surface area (TPSA) is 65.2 Å². The van der Waals surface area contributed by atoms with Gasteiger partial charge in [-0.05, 0) is 42.3 Å². The van der Waals surface area contributed by atoms with E-state index in [1.165, 1.54) is 0 Å². The number of aryl methyl sites for hydroxylation is 1. The van der Waals surface area contributed by atoms with Gasteiger partial charge in [0.25, 0.3) is 5.91 Å². The molecule has 3 aromatic carbocycles. The van der Waals surface area contributed by atoms with Crippen molar-refractivity contribution < 1.29 is 9.59 Å². The van der Waals surface area contributed by atoms with Gasteiger partial charge in [-0.3, -0.25) is 9.59 Å². The van der Waals surface area contributed by atoms with E-state index in [0.29, 0.717) is 16.3 Å². The van der Waals surface area contributed by atoms with E-state index in [9.17, 15) is 9.59 Å². The molecule has 0 aliphatic carbocycles. The lowest BCUT2D eigenvalue weighted by Gasteiger charge is -2.25. The molecule has 0 saturated heterocycles. The summed E-state index contributed by atoms with van der Waals surface area (Å²) in [7, 11) is 0. The molecule has 0 spiro atoms. The highest BCUT2D eigenvalue weighted by Crippen LogP contribution is 2.40. The molecule has 5 rings (SSSR count). The van der Waals surface area contributed by atoms with Crippen LogP contribution < -0.4 is 5.32 Å². The van der Waals surface area contributed by atoms with Crippen molar-refractivity contribution >= 4 is 40.0 Å². The Labute approximate surface area is 184 Å². The lowest BCUT2D eigenvalue weighted by molar-refractivity contribution is -0.117. The summed E-state index contributed by atoms with van der Waals surface area (Å²) in [6, 6.07) is 20.5. The smallest absolute Gasteiger partial charge is 0.255 e. The highest BCUT2D eigenvalue weighted by molar-refractivity contribution is 6.31. The van der Waals surface area contributed by atoms with E-state index in [4.69, 9.17) is 11.6 Å². The Balaban J connectivity index is 1.49. The number of anilines is 1. The molecule has 154 valence electrons. The molecule has 4 aromatic rings. The number of carbonyl (C=O) groups excluding carboxylic acids is 2. The van der Waals surface area contributed by atoms with Crippen molar-refractivity contribution in [2.75, 3.05) is 11.9 Å². The molecule has 6 heteroatoms. The summed E-state index contributed by atoms with van der Waals surface area (Å²) in [5, 5.41) is 4.48. The van der Waals surface area contributed by atoms with E-state index >= 15 is 0 Å². The van der Waals surface area contributed by atoms with Crippen LogP contribution in [-0.2, 0) is 4.79 Å². The fraction of sp³-hybridized carbons (Fsp3) is 0.120. The molecule has 1 aromatic heterocycles. The number of aromatic nitrogens is 1. The SMILES string of the molecule is Cc1ccc(NC(=O)CN2C(=O)c3ccccc3[C@H]2c2c[nH]c3ccccc23)cc1Cl. The number of nitrogens with zero attached hydrogens (tertiary/aromatic N) is 1. The number of aromatic amines is 1. The summed E-state index contributed by atoms with van der Waals surface area (Å²) >= 11 is 6.18. The van der Waals surface area contributed by atoms with Gasteiger partial charge >= 0.3 is 0 Å². The zero-order valence-electron chi connectivity index (χ0n) is 16.9. The van der Waals surface area contributed by atoms with Gasteiger partial charge in [-0.2, -0.15) is 0 Å². The molecule has 0 unspecified atom stereocenters. The molecule has 31 heavy (non-hydrogen) atoms. The zero-order chi connectivity index (χ0) is 21.5. The molecule has 0 bridgehead atoms. The first-order chi connectivity index (χ1) is 15.0. The van der Waals surface area contributed by atoms with Crippen molar-refractivity contribution in [1.29, 1.82) is 0 Å². The quantitative estimate of drug-likeness (QED) is 0.461. The average Bonchev–Trinajstić information content (AvgIpc) is 3.30. The van der Waals surface area contributed by atoms with Gasteiger partial charge in [0.2, 0.25) is 5.91 Å². The van der Waals surface area contributed by atoms with Gasteiger partial charge in [-0.15, -0.1) is 0 Å². The van der Waals surface area contributed by atoms with Gasteiger partial charge in [-0.1, -0.05) is 54.1 Å². The molecular weight excluding hydrogens is 410 g/mol. The summed E-state index contributed by atoms with van der Waals surface area (Å²) < 4.78 is 0. The Kier molecular flexibility index (Phi) is 4.75. The molecule has 2 N–H and O–H groups in total. The fourth-order valence-electron chi connectivity index (χ4n) is 4.21. The number of amides is 2. The number of halogens is 1. The van der Waals surface area contributed by atoms with Gasteiger partial charge < -0.3 is 15.2 Å². The number of rotatable bonds is 4. The average molecular weight is 430 g/mol. The van der Waals surface area contributed by atoms with Gasteiger partial charge in [0.15, 0.2) is 0 Å². The summed E-state index contributed by atoms with van der Waals surface area (Å²) in [6.45, 7) is 1.84. The second kappa shape index (κ2) is 7.60. The van der Waals surface area contributed by atoms with E-state index in [1.807, 2.05) is 67.7 Å². The summed E-state index contributed by atoms with van der Waals surface area (Å²) in [5.41, 5.74) is 5.04. The monoisotopic (exact) mass is 429 g/mol. The van der Waals surface area contributed by atoms with Gasteiger partial charge in [0.1, 0.15) is 6.54 Å². The lowest BCUT2D eigenvalue weighted by Crippen LogP contribution is -2.36. The van der Waals surface area contributed by atoms with Crippen LogP contribution in [0.3, 0.4) is 0 Å². The first-order valence-electron chi connectivity index (χ1n) is 10.0. The molecule has 1 aliphatic heterocycles. The Hall–Kier alpha value is -3.57. The van der Waals surface area contributed by atoms with Crippen LogP contribution in [0.2, 0.25) is 5.02 Å². The summed E-state index contributed by atoms with van der Waals surface area (Å²) in [6.07, 6.45) is 1.93. The van der Waals surface area contributed by atoms with E-state index in [1.54, 1.807) is 17.0 Å². The van der Waals surface area contributed by atoms with Crippen molar-refractivity contribution in [3.05, 3.63) is 100 Å². The number of hydrogen-bond acceptors (Lipinski definition) is 2. The van der Waals surface area contributed by atoms with E-state index < -0.39 is 0 Å². The van der Waals surface area contributed by atoms with Crippen LogP contribution >= 0.6 is 11.6 Å². The molecule has 0 radical (unpaired) electrons. The fourth-order valence-corrected chi connectivity index (χ4v) is 4.40. The Morgan fingerprint density at radius 2 is 1.84 bits per heavy atom. The second-order valence-electron chi connectivity index (χ2n) is 7.72. The number of fused-ring (bicyclic) bond motifs is 2. The maximum Gasteiger partial charge on any atom is 0.255 e. The van der Waals surface area contributed by atoms with Crippen molar-refractivity contribution in [3.63, 3.8) is 0 Å². The first kappa shape index (κ1) is 19.4. The number of nitrogens with one attached hydrogen (secondary N) is 2. The predicted octanol–water partition coefficient (Wildman–Crippen LogP) is 5.31. The number of hydrogen-bond donors (Lipinski definition) is 2. The minimum atomic E-state index is -0.341. The van der Waals surface area contributed by atoms with Crippen LogP contribution in [0.4, 0.5) is 5.69 Å². The van der Waals surface area contributed by atoms with Crippen molar-refractivity contribution in [3.8, 4) is 0 Å². The molecule has 1 atom stereocenters. The third kappa shape index (κ3) is 3.37. The van der Waals surface area contributed by atoms with Crippen molar-refractivity contribution in [1.82, 2.24) is 9.88 Å². The maximum absolute atomic E-state index is 13.2. The van der Waals surface area contributed by atoms with Gasteiger partial charge in [-0.25, -0.2) is 0 Å². The standard InChI is InChI=1S/C25H20ClN3O2/c1-15-10-11-16(12-21(15)26)28-23(30)14-29-24(18-7-2-3-8-19(18)25(29)31)20-13-27-22-9-5-4-6-17(20)22/h2-13,24,27H,14H2,1H3,(H,28,30)/t24-/m0/s1. The minimum absolute atomic E-state index is 0.0663. The molecule has 1 aliphatic rings. The van der Waals surface area contributed by atoms with Gasteiger partial charge in [0.05, 0.1) is 6.04 Å². The van der Waals surface area contributed by atoms with E-state index in [2.05, 4.69) is 10.3 Å². The van der Waals surface area contributed by atoms with Crippen LogP contribution in [0.1, 0.15) is 33.1 Å². The molecule has 0 fully saturated rings. The van der Waals surface area contributed by atoms with Crippen LogP contribution in [0.5, 0.6) is 0 Å². The van der Waals surface area contributed by atoms with E-state index in [-0.39, 0.29) is 24.4 Å². The Bertz CT molecular complexity index is 1330. The highest BCUT2D eigenvalue weighted by atomic mass is 35.5. The van der Waals surface area contributed by atoms with Gasteiger partial charge in [0, 0.05) is 38.9 Å².